The van der Waals surface area contributed by atoms with Crippen molar-refractivity contribution in [2.45, 2.75) is 38.5 Å². The smallest absolute Gasteiger partial charge is 0.197 e. The SMILES string of the molecule is CCS[C@H]1C[C@H](c2ccccc2)Nc2c1cc(O)n1c(C)c(C)nc21. The molecule has 1 aliphatic rings. The number of thioether (sulfide) groups is 1. The lowest BCUT2D eigenvalue weighted by Gasteiger charge is -2.33. The van der Waals surface area contributed by atoms with E-state index in [9.17, 15) is 5.11 Å². The van der Waals surface area contributed by atoms with Crippen LogP contribution in [0, 0.1) is 13.8 Å². The van der Waals surface area contributed by atoms with Crippen molar-refractivity contribution < 1.29 is 5.11 Å². The summed E-state index contributed by atoms with van der Waals surface area (Å²) in [5.41, 5.74) is 6.27. The van der Waals surface area contributed by atoms with Crippen molar-refractivity contribution >= 4 is 23.1 Å². The van der Waals surface area contributed by atoms with Gasteiger partial charge >= 0.3 is 0 Å². The summed E-state index contributed by atoms with van der Waals surface area (Å²) in [5, 5.41) is 14.6. The van der Waals surface area contributed by atoms with E-state index in [2.05, 4.69) is 42.6 Å². The Bertz CT molecular complexity index is 920. The number of nitrogens with zero attached hydrogens (tertiary/aromatic N) is 2. The number of hydrogen-bond acceptors (Lipinski definition) is 4. The Morgan fingerprint density at radius 1 is 1.28 bits per heavy atom. The van der Waals surface area contributed by atoms with Crippen LogP contribution >= 0.6 is 11.8 Å². The average Bonchev–Trinajstić information content (AvgIpc) is 2.92. The zero-order valence-electron chi connectivity index (χ0n) is 14.8. The Hall–Kier alpha value is -2.14. The maximum Gasteiger partial charge on any atom is 0.197 e. The van der Waals surface area contributed by atoms with E-state index in [0.717, 1.165) is 40.5 Å². The summed E-state index contributed by atoms with van der Waals surface area (Å²) in [7, 11) is 0. The Morgan fingerprint density at radius 2 is 2.04 bits per heavy atom. The molecule has 2 atom stereocenters. The second-order valence-corrected chi connectivity index (χ2v) is 8.04. The van der Waals surface area contributed by atoms with Crippen molar-refractivity contribution in [2.24, 2.45) is 0 Å². The summed E-state index contributed by atoms with van der Waals surface area (Å²) < 4.78 is 1.85. The molecule has 3 aromatic rings. The molecule has 4 nitrogen and oxygen atoms in total. The molecule has 0 spiro atoms. The zero-order chi connectivity index (χ0) is 17.6. The van der Waals surface area contributed by atoms with Crippen LogP contribution in [-0.2, 0) is 0 Å². The molecule has 4 rings (SSSR count). The molecule has 0 saturated carbocycles. The van der Waals surface area contributed by atoms with Gasteiger partial charge in [-0.05, 0) is 37.1 Å². The van der Waals surface area contributed by atoms with Crippen LogP contribution < -0.4 is 5.32 Å². The van der Waals surface area contributed by atoms with E-state index in [1.807, 2.05) is 36.1 Å². The normalized spacial score (nSPS) is 19.6. The summed E-state index contributed by atoms with van der Waals surface area (Å²) in [6, 6.07) is 12.7. The highest BCUT2D eigenvalue weighted by atomic mass is 32.2. The van der Waals surface area contributed by atoms with Crippen molar-refractivity contribution in [3.8, 4) is 5.88 Å². The van der Waals surface area contributed by atoms with Crippen LogP contribution in [0.15, 0.2) is 36.4 Å². The second-order valence-electron chi connectivity index (χ2n) is 6.56. The molecule has 5 heteroatoms. The largest absolute Gasteiger partial charge is 0.494 e. The number of nitrogens with one attached hydrogen (secondary N) is 1. The van der Waals surface area contributed by atoms with Gasteiger partial charge in [-0.2, -0.15) is 11.8 Å². The third kappa shape index (κ3) is 2.67. The predicted molar refractivity (Wildman–Crippen MR) is 105 cm³/mol. The molecule has 1 aliphatic heterocycles. The number of rotatable bonds is 3. The highest BCUT2D eigenvalue weighted by Crippen LogP contribution is 2.48. The summed E-state index contributed by atoms with van der Waals surface area (Å²) in [6.45, 7) is 6.17. The van der Waals surface area contributed by atoms with Gasteiger partial charge in [0.1, 0.15) is 0 Å². The maximum absolute atomic E-state index is 10.6. The van der Waals surface area contributed by atoms with Crippen LogP contribution in [0.3, 0.4) is 0 Å². The minimum Gasteiger partial charge on any atom is -0.494 e. The fourth-order valence-corrected chi connectivity index (χ4v) is 4.80. The fraction of sp³-hybridized carbons (Fsp3) is 0.350. The summed E-state index contributed by atoms with van der Waals surface area (Å²) in [4.78, 5) is 4.74. The first-order valence-electron chi connectivity index (χ1n) is 8.74. The lowest BCUT2D eigenvalue weighted by atomic mass is 9.93. The Labute approximate surface area is 152 Å². The third-order valence-electron chi connectivity index (χ3n) is 5.06. The van der Waals surface area contributed by atoms with Gasteiger partial charge in [-0.1, -0.05) is 37.3 Å². The van der Waals surface area contributed by atoms with E-state index < -0.39 is 0 Å². The molecular formula is C20H23N3OS. The molecule has 2 N–H and O–H groups in total. The summed E-state index contributed by atoms with van der Waals surface area (Å²) in [6.07, 6.45) is 1.00. The highest BCUT2D eigenvalue weighted by Gasteiger charge is 2.31. The third-order valence-corrected chi connectivity index (χ3v) is 6.24. The van der Waals surface area contributed by atoms with Crippen molar-refractivity contribution in [1.29, 1.82) is 0 Å². The Kier molecular flexibility index (Phi) is 4.12. The number of aromatic nitrogens is 2. The molecule has 0 saturated heterocycles. The topological polar surface area (TPSA) is 49.6 Å². The molecule has 25 heavy (non-hydrogen) atoms. The van der Waals surface area contributed by atoms with Crippen molar-refractivity contribution in [2.75, 3.05) is 11.1 Å². The molecule has 0 aliphatic carbocycles. The maximum atomic E-state index is 10.6. The Morgan fingerprint density at radius 3 is 2.76 bits per heavy atom. The molecule has 0 radical (unpaired) electrons. The van der Waals surface area contributed by atoms with Crippen LogP contribution in [-0.4, -0.2) is 20.2 Å². The van der Waals surface area contributed by atoms with Gasteiger partial charge in [0.05, 0.1) is 17.4 Å². The first-order chi connectivity index (χ1) is 12.1. The number of imidazole rings is 1. The van der Waals surface area contributed by atoms with Crippen LogP contribution in [0.1, 0.15) is 47.2 Å². The van der Waals surface area contributed by atoms with E-state index in [1.165, 1.54) is 5.56 Å². The average molecular weight is 353 g/mol. The van der Waals surface area contributed by atoms with E-state index in [-0.39, 0.29) is 11.9 Å². The highest BCUT2D eigenvalue weighted by molar-refractivity contribution is 7.99. The molecular weight excluding hydrogens is 330 g/mol. The number of benzene rings is 1. The van der Waals surface area contributed by atoms with Gasteiger partial charge in [0.2, 0.25) is 0 Å². The number of aromatic hydroxyl groups is 1. The number of hydrogen-bond donors (Lipinski definition) is 2. The monoisotopic (exact) mass is 353 g/mol. The first-order valence-corrected chi connectivity index (χ1v) is 9.79. The lowest BCUT2D eigenvalue weighted by molar-refractivity contribution is 0.443. The van der Waals surface area contributed by atoms with E-state index >= 15 is 0 Å². The molecule has 0 fully saturated rings. The minimum atomic E-state index is 0.253. The van der Waals surface area contributed by atoms with Gasteiger partial charge in [0.15, 0.2) is 11.5 Å². The van der Waals surface area contributed by atoms with Gasteiger partial charge in [-0.3, -0.25) is 4.40 Å². The van der Waals surface area contributed by atoms with Gasteiger partial charge < -0.3 is 10.4 Å². The zero-order valence-corrected chi connectivity index (χ0v) is 15.6. The van der Waals surface area contributed by atoms with E-state index in [0.29, 0.717) is 5.25 Å². The molecule has 3 heterocycles. The second kappa shape index (κ2) is 6.30. The molecule has 130 valence electrons. The minimum absolute atomic E-state index is 0.253. The molecule has 2 aromatic heterocycles. The molecule has 0 bridgehead atoms. The first kappa shape index (κ1) is 16.3. The van der Waals surface area contributed by atoms with Crippen LogP contribution in [0.25, 0.3) is 5.65 Å². The summed E-state index contributed by atoms with van der Waals surface area (Å²) >= 11 is 1.93. The standard InChI is InChI=1S/C20H23N3OS/c1-4-25-17-11-16(14-8-6-5-7-9-14)22-19-15(17)10-18(24)23-13(3)12(2)21-20(19)23/h5-10,16-17,22,24H,4,11H2,1-3H3/t16-,17+/m1/s1. The predicted octanol–water partition coefficient (Wildman–Crippen LogP) is 5.01. The molecule has 1 aromatic carbocycles. The number of aryl methyl sites for hydroxylation is 2. The fourth-order valence-electron chi connectivity index (χ4n) is 3.70. The number of pyridine rings is 1. The van der Waals surface area contributed by atoms with Crippen molar-refractivity contribution in [3.05, 3.63) is 58.9 Å². The van der Waals surface area contributed by atoms with E-state index in [1.54, 1.807) is 0 Å². The van der Waals surface area contributed by atoms with Crippen LogP contribution in [0.4, 0.5) is 5.69 Å². The van der Waals surface area contributed by atoms with Gasteiger partial charge in [-0.25, -0.2) is 4.98 Å². The van der Waals surface area contributed by atoms with Crippen molar-refractivity contribution in [1.82, 2.24) is 9.38 Å². The van der Waals surface area contributed by atoms with Gasteiger partial charge in [0.25, 0.3) is 0 Å². The lowest BCUT2D eigenvalue weighted by Crippen LogP contribution is -2.21. The summed E-state index contributed by atoms with van der Waals surface area (Å²) in [5.74, 6) is 1.32. The quantitative estimate of drug-likeness (QED) is 0.695. The Balaban J connectivity index is 1.90. The van der Waals surface area contributed by atoms with Gasteiger partial charge in [-0.15, -0.1) is 0 Å². The number of fused-ring (bicyclic) bond motifs is 3. The van der Waals surface area contributed by atoms with Crippen LogP contribution in [0.2, 0.25) is 0 Å². The van der Waals surface area contributed by atoms with Crippen molar-refractivity contribution in [3.63, 3.8) is 0 Å². The van der Waals surface area contributed by atoms with Gasteiger partial charge in [0, 0.05) is 17.0 Å². The molecule has 0 amide bonds. The van der Waals surface area contributed by atoms with E-state index in [4.69, 9.17) is 4.98 Å². The number of anilines is 1. The molecule has 0 unspecified atom stereocenters. The van der Waals surface area contributed by atoms with Crippen LogP contribution in [0.5, 0.6) is 5.88 Å².